The molecule has 1 fully saturated rings. The van der Waals surface area contributed by atoms with Gasteiger partial charge in [0.05, 0.1) is 6.42 Å². The maximum absolute atomic E-state index is 13.0. The van der Waals surface area contributed by atoms with Crippen LogP contribution in [0.4, 0.5) is 5.82 Å². The number of para-hydroxylation sites is 1. The van der Waals surface area contributed by atoms with Crippen molar-refractivity contribution in [3.63, 3.8) is 0 Å². The molecular weight excluding hydrogens is 390 g/mol. The van der Waals surface area contributed by atoms with E-state index in [2.05, 4.69) is 38.2 Å². The van der Waals surface area contributed by atoms with E-state index >= 15 is 0 Å². The van der Waals surface area contributed by atoms with Crippen molar-refractivity contribution in [3.05, 3.63) is 54.0 Å². The van der Waals surface area contributed by atoms with E-state index in [1.54, 1.807) is 0 Å². The number of aryl methyl sites for hydroxylation is 1. The Morgan fingerprint density at radius 1 is 1.10 bits per heavy atom. The van der Waals surface area contributed by atoms with Gasteiger partial charge in [-0.1, -0.05) is 18.2 Å². The fourth-order valence-electron chi connectivity index (χ4n) is 4.52. The van der Waals surface area contributed by atoms with Gasteiger partial charge in [0, 0.05) is 57.3 Å². The molecule has 8 heteroatoms. The summed E-state index contributed by atoms with van der Waals surface area (Å²) >= 11 is 0. The zero-order valence-electron chi connectivity index (χ0n) is 18.2. The molecule has 1 saturated heterocycles. The van der Waals surface area contributed by atoms with Crippen molar-refractivity contribution < 1.29 is 4.79 Å². The SMILES string of the molecule is CN(C)c1ccc2nnc(C3CCN(C(=O)Cc4cn(C)c5ccccc45)CC3)n2n1. The van der Waals surface area contributed by atoms with E-state index in [-0.39, 0.29) is 11.8 Å². The summed E-state index contributed by atoms with van der Waals surface area (Å²) in [5.74, 6) is 2.20. The third-order valence-electron chi connectivity index (χ3n) is 6.27. The highest BCUT2D eigenvalue weighted by Gasteiger charge is 2.28. The van der Waals surface area contributed by atoms with E-state index in [0.717, 1.165) is 59.7 Å². The summed E-state index contributed by atoms with van der Waals surface area (Å²) in [5.41, 5.74) is 3.01. The number of anilines is 1. The van der Waals surface area contributed by atoms with Crippen LogP contribution in [0.1, 0.15) is 30.1 Å². The Labute approximate surface area is 181 Å². The van der Waals surface area contributed by atoms with Gasteiger partial charge in [-0.2, -0.15) is 4.52 Å². The number of amides is 1. The normalized spacial score (nSPS) is 15.1. The summed E-state index contributed by atoms with van der Waals surface area (Å²) in [4.78, 5) is 17.0. The molecule has 3 aromatic heterocycles. The van der Waals surface area contributed by atoms with Crippen LogP contribution < -0.4 is 4.90 Å². The molecule has 0 N–H and O–H groups in total. The van der Waals surface area contributed by atoms with Crippen LogP contribution >= 0.6 is 0 Å². The number of nitrogens with zero attached hydrogens (tertiary/aromatic N) is 7. The molecule has 1 aliphatic heterocycles. The molecule has 0 bridgehead atoms. The van der Waals surface area contributed by atoms with Gasteiger partial charge in [-0.05, 0) is 36.6 Å². The summed E-state index contributed by atoms with van der Waals surface area (Å²) in [7, 11) is 5.97. The molecule has 0 radical (unpaired) electrons. The van der Waals surface area contributed by atoms with E-state index in [4.69, 9.17) is 0 Å². The Bertz CT molecular complexity index is 1250. The highest BCUT2D eigenvalue weighted by Crippen LogP contribution is 2.28. The quantitative estimate of drug-likeness (QED) is 0.511. The number of carbonyl (C=O) groups excluding carboxylic acids is 1. The molecule has 31 heavy (non-hydrogen) atoms. The molecule has 1 aromatic carbocycles. The molecule has 4 aromatic rings. The summed E-state index contributed by atoms with van der Waals surface area (Å²) in [5, 5.41) is 14.5. The average molecular weight is 418 g/mol. The maximum Gasteiger partial charge on any atom is 0.227 e. The number of benzene rings is 1. The summed E-state index contributed by atoms with van der Waals surface area (Å²) in [6, 6.07) is 12.1. The molecule has 0 aliphatic carbocycles. The smallest absolute Gasteiger partial charge is 0.227 e. The molecule has 1 amide bonds. The highest BCUT2D eigenvalue weighted by atomic mass is 16.2. The number of hydrogen-bond acceptors (Lipinski definition) is 5. The molecule has 160 valence electrons. The Kier molecular flexibility index (Phi) is 4.84. The summed E-state index contributed by atoms with van der Waals surface area (Å²) in [6.45, 7) is 1.47. The zero-order valence-corrected chi connectivity index (χ0v) is 18.2. The molecule has 1 aliphatic rings. The largest absolute Gasteiger partial charge is 0.361 e. The van der Waals surface area contributed by atoms with Gasteiger partial charge in [0.15, 0.2) is 11.5 Å². The van der Waals surface area contributed by atoms with E-state index < -0.39 is 0 Å². The molecular formula is C23H27N7O. The van der Waals surface area contributed by atoms with Gasteiger partial charge in [-0.3, -0.25) is 4.79 Å². The number of hydrogen-bond donors (Lipinski definition) is 0. The number of carbonyl (C=O) groups is 1. The number of likely N-dealkylation sites (tertiary alicyclic amines) is 1. The highest BCUT2D eigenvalue weighted by molar-refractivity contribution is 5.89. The number of piperidine rings is 1. The Balaban J connectivity index is 1.28. The van der Waals surface area contributed by atoms with Crippen LogP contribution in [0, 0.1) is 0 Å². The third kappa shape index (κ3) is 3.52. The van der Waals surface area contributed by atoms with Crippen LogP contribution in [0.2, 0.25) is 0 Å². The van der Waals surface area contributed by atoms with Crippen molar-refractivity contribution in [3.8, 4) is 0 Å². The minimum absolute atomic E-state index is 0.189. The maximum atomic E-state index is 13.0. The van der Waals surface area contributed by atoms with Gasteiger partial charge < -0.3 is 14.4 Å². The summed E-state index contributed by atoms with van der Waals surface area (Å²) < 4.78 is 3.95. The van der Waals surface area contributed by atoms with Crippen molar-refractivity contribution in [2.75, 3.05) is 32.1 Å². The predicted molar refractivity (Wildman–Crippen MR) is 120 cm³/mol. The standard InChI is InChI=1S/C23H27N7O/c1-27(2)21-9-8-20-24-25-23(30(20)26-21)16-10-12-29(13-11-16)22(31)14-17-15-28(3)19-7-5-4-6-18(17)19/h4-9,15-16H,10-14H2,1-3H3. The van der Waals surface area contributed by atoms with Crippen LogP contribution in [-0.4, -0.2) is 62.4 Å². The van der Waals surface area contributed by atoms with Gasteiger partial charge in [-0.15, -0.1) is 15.3 Å². The first-order chi connectivity index (χ1) is 15.0. The lowest BCUT2D eigenvalue weighted by Crippen LogP contribution is -2.39. The topological polar surface area (TPSA) is 71.6 Å². The lowest BCUT2D eigenvalue weighted by Gasteiger charge is -2.31. The van der Waals surface area contributed by atoms with Gasteiger partial charge in [-0.25, -0.2) is 0 Å². The van der Waals surface area contributed by atoms with Crippen molar-refractivity contribution in [2.24, 2.45) is 7.05 Å². The Morgan fingerprint density at radius 3 is 2.65 bits per heavy atom. The van der Waals surface area contributed by atoms with Gasteiger partial charge in [0.2, 0.25) is 5.91 Å². The fraction of sp³-hybridized carbons (Fsp3) is 0.391. The van der Waals surface area contributed by atoms with Crippen LogP contribution in [0.3, 0.4) is 0 Å². The minimum Gasteiger partial charge on any atom is -0.361 e. The van der Waals surface area contributed by atoms with Crippen LogP contribution in [0.25, 0.3) is 16.6 Å². The Hall–Kier alpha value is -3.42. The molecule has 0 saturated carbocycles. The second-order valence-electron chi connectivity index (χ2n) is 8.53. The van der Waals surface area contributed by atoms with Crippen LogP contribution in [0.15, 0.2) is 42.6 Å². The van der Waals surface area contributed by atoms with E-state index in [0.29, 0.717) is 6.42 Å². The van der Waals surface area contributed by atoms with Gasteiger partial charge >= 0.3 is 0 Å². The lowest BCUT2D eigenvalue weighted by molar-refractivity contribution is -0.131. The first-order valence-corrected chi connectivity index (χ1v) is 10.7. The van der Waals surface area contributed by atoms with E-state index in [9.17, 15) is 4.79 Å². The van der Waals surface area contributed by atoms with E-state index in [1.807, 2.05) is 59.7 Å². The second kappa shape index (κ2) is 7.68. The molecule has 8 nitrogen and oxygen atoms in total. The van der Waals surface area contributed by atoms with Gasteiger partial charge in [0.25, 0.3) is 0 Å². The minimum atomic E-state index is 0.189. The van der Waals surface area contributed by atoms with Crippen molar-refractivity contribution in [1.82, 2.24) is 29.3 Å². The second-order valence-corrected chi connectivity index (χ2v) is 8.53. The average Bonchev–Trinajstić information content (AvgIpc) is 3.35. The molecule has 0 unspecified atom stereocenters. The lowest BCUT2D eigenvalue weighted by atomic mass is 9.95. The Morgan fingerprint density at radius 2 is 1.87 bits per heavy atom. The van der Waals surface area contributed by atoms with Crippen LogP contribution in [0.5, 0.6) is 0 Å². The fourth-order valence-corrected chi connectivity index (χ4v) is 4.52. The van der Waals surface area contributed by atoms with Crippen molar-refractivity contribution in [1.29, 1.82) is 0 Å². The number of aromatic nitrogens is 5. The number of fused-ring (bicyclic) bond motifs is 2. The van der Waals surface area contributed by atoms with E-state index in [1.165, 1.54) is 0 Å². The third-order valence-corrected chi connectivity index (χ3v) is 6.27. The van der Waals surface area contributed by atoms with Crippen molar-refractivity contribution >= 4 is 28.3 Å². The summed E-state index contributed by atoms with van der Waals surface area (Å²) in [6.07, 6.45) is 4.26. The van der Waals surface area contributed by atoms with Gasteiger partial charge in [0.1, 0.15) is 5.82 Å². The number of rotatable bonds is 4. The molecule has 5 rings (SSSR count). The first kappa shape index (κ1) is 19.5. The monoisotopic (exact) mass is 417 g/mol. The molecule has 0 spiro atoms. The predicted octanol–water partition coefficient (Wildman–Crippen LogP) is 2.63. The zero-order chi connectivity index (χ0) is 21.5. The molecule has 0 atom stereocenters. The first-order valence-electron chi connectivity index (χ1n) is 10.7. The van der Waals surface area contributed by atoms with Crippen molar-refractivity contribution in [2.45, 2.75) is 25.2 Å². The van der Waals surface area contributed by atoms with Crippen LogP contribution in [-0.2, 0) is 18.3 Å². The molecule has 4 heterocycles.